The molecule has 0 spiro atoms. The van der Waals surface area contributed by atoms with Gasteiger partial charge in [-0.05, 0) is 36.2 Å². The van der Waals surface area contributed by atoms with Crippen LogP contribution in [-0.2, 0) is 6.42 Å². The minimum atomic E-state index is -0.304. The van der Waals surface area contributed by atoms with Crippen LogP contribution in [0.5, 0.6) is 28.7 Å². The molecule has 0 saturated heterocycles. The van der Waals surface area contributed by atoms with Crippen LogP contribution in [0.25, 0.3) is 0 Å². The van der Waals surface area contributed by atoms with Gasteiger partial charge in [0.1, 0.15) is 0 Å². The van der Waals surface area contributed by atoms with E-state index in [1.807, 2.05) is 12.1 Å². The molecule has 8 heteroatoms. The predicted molar refractivity (Wildman–Crippen MR) is 99.4 cm³/mol. The fraction of sp³-hybridized carbons (Fsp3) is 0.316. The first kappa shape index (κ1) is 18.5. The topological polar surface area (TPSA) is 87.3 Å². The molecule has 1 aliphatic rings. The van der Waals surface area contributed by atoms with Crippen molar-refractivity contribution in [2.24, 2.45) is 0 Å². The van der Waals surface area contributed by atoms with Gasteiger partial charge in [0, 0.05) is 18.3 Å². The van der Waals surface area contributed by atoms with Crippen molar-refractivity contribution in [2.75, 3.05) is 40.0 Å². The lowest BCUT2D eigenvalue weighted by Gasteiger charge is -2.14. The molecule has 0 fully saturated rings. The fourth-order valence-corrected chi connectivity index (χ4v) is 2.75. The van der Waals surface area contributed by atoms with E-state index >= 15 is 0 Å². The maximum atomic E-state index is 12.1. The first-order valence-electron chi connectivity index (χ1n) is 8.38. The summed E-state index contributed by atoms with van der Waals surface area (Å²) in [6.07, 6.45) is 0.602. The third kappa shape index (κ3) is 4.28. The molecule has 0 unspecified atom stereocenters. The van der Waals surface area contributed by atoms with Crippen molar-refractivity contribution in [3.05, 3.63) is 35.9 Å². The molecular weight excluding hydrogens is 352 g/mol. The van der Waals surface area contributed by atoms with E-state index in [4.69, 9.17) is 23.7 Å². The van der Waals surface area contributed by atoms with E-state index in [1.165, 1.54) is 0 Å². The van der Waals surface area contributed by atoms with Crippen molar-refractivity contribution in [2.45, 2.75) is 6.42 Å². The van der Waals surface area contributed by atoms with Crippen LogP contribution in [0.1, 0.15) is 5.56 Å². The van der Waals surface area contributed by atoms with Gasteiger partial charge in [0.2, 0.25) is 12.5 Å². The largest absolute Gasteiger partial charge is 0.493 e. The van der Waals surface area contributed by atoms with Crippen molar-refractivity contribution in [3.8, 4) is 28.7 Å². The maximum Gasteiger partial charge on any atom is 0.319 e. The SMILES string of the molecule is COc1cc(CCNC(=O)Nc2ccc3c(c2)OCO3)cc(OC)c1OC. The number of hydrogen-bond donors (Lipinski definition) is 2. The van der Waals surface area contributed by atoms with Gasteiger partial charge in [0.05, 0.1) is 21.3 Å². The molecule has 0 aliphatic carbocycles. The second-order valence-electron chi connectivity index (χ2n) is 5.73. The number of nitrogens with one attached hydrogen (secondary N) is 2. The van der Waals surface area contributed by atoms with E-state index in [-0.39, 0.29) is 12.8 Å². The molecule has 1 heterocycles. The van der Waals surface area contributed by atoms with E-state index in [1.54, 1.807) is 39.5 Å². The lowest BCUT2D eigenvalue weighted by molar-refractivity contribution is 0.174. The molecule has 0 atom stereocenters. The Morgan fingerprint density at radius 1 is 1.00 bits per heavy atom. The quantitative estimate of drug-likeness (QED) is 0.775. The standard InChI is InChI=1S/C19H22N2O6/c1-23-16-8-12(9-17(24-2)18(16)25-3)6-7-20-19(22)21-13-4-5-14-15(10-13)27-11-26-14/h4-5,8-10H,6-7,11H2,1-3H3,(H2,20,21,22). The summed E-state index contributed by atoms with van der Waals surface area (Å²) in [6.45, 7) is 0.634. The van der Waals surface area contributed by atoms with E-state index in [0.717, 1.165) is 5.56 Å². The van der Waals surface area contributed by atoms with Gasteiger partial charge in [-0.25, -0.2) is 4.79 Å². The molecule has 2 aromatic rings. The molecule has 27 heavy (non-hydrogen) atoms. The summed E-state index contributed by atoms with van der Waals surface area (Å²) in [6, 6.07) is 8.65. The zero-order valence-electron chi connectivity index (χ0n) is 15.5. The van der Waals surface area contributed by atoms with Gasteiger partial charge in [-0.2, -0.15) is 0 Å². The molecule has 0 radical (unpaired) electrons. The van der Waals surface area contributed by atoms with E-state index in [2.05, 4.69) is 10.6 Å². The summed E-state index contributed by atoms with van der Waals surface area (Å²) in [5, 5.41) is 5.58. The van der Waals surface area contributed by atoms with Gasteiger partial charge in [-0.1, -0.05) is 0 Å². The lowest BCUT2D eigenvalue weighted by atomic mass is 10.1. The first-order chi connectivity index (χ1) is 13.1. The summed E-state index contributed by atoms with van der Waals surface area (Å²) < 4.78 is 26.5. The second kappa shape index (κ2) is 8.39. The highest BCUT2D eigenvalue weighted by Gasteiger charge is 2.15. The number of methoxy groups -OCH3 is 3. The number of urea groups is 1. The van der Waals surface area contributed by atoms with Crippen LogP contribution in [0.15, 0.2) is 30.3 Å². The third-order valence-electron chi connectivity index (χ3n) is 4.05. The predicted octanol–water partition coefficient (Wildman–Crippen LogP) is 2.81. The average molecular weight is 374 g/mol. The Morgan fingerprint density at radius 2 is 1.70 bits per heavy atom. The van der Waals surface area contributed by atoms with Crippen LogP contribution in [0.4, 0.5) is 10.5 Å². The monoisotopic (exact) mass is 374 g/mol. The molecule has 0 aromatic heterocycles. The minimum absolute atomic E-state index is 0.194. The van der Waals surface area contributed by atoms with Crippen LogP contribution >= 0.6 is 0 Å². The summed E-state index contributed by atoms with van der Waals surface area (Å²) in [5.41, 5.74) is 1.58. The molecule has 1 aliphatic heterocycles. The molecule has 2 amide bonds. The maximum absolute atomic E-state index is 12.1. The lowest BCUT2D eigenvalue weighted by Crippen LogP contribution is -2.30. The summed E-state index contributed by atoms with van der Waals surface area (Å²) in [4.78, 5) is 12.1. The zero-order chi connectivity index (χ0) is 19.2. The van der Waals surface area contributed by atoms with Gasteiger partial charge in [0.25, 0.3) is 0 Å². The van der Waals surface area contributed by atoms with Crippen LogP contribution in [0.3, 0.4) is 0 Å². The molecule has 2 N–H and O–H groups in total. The molecule has 0 bridgehead atoms. The number of fused-ring (bicyclic) bond motifs is 1. The summed E-state index contributed by atoms with van der Waals surface area (Å²) in [7, 11) is 4.69. The number of amides is 2. The number of carbonyl (C=O) groups is 1. The number of anilines is 1. The van der Waals surface area contributed by atoms with Gasteiger partial charge < -0.3 is 34.3 Å². The van der Waals surface area contributed by atoms with Crippen molar-refractivity contribution < 1.29 is 28.5 Å². The van der Waals surface area contributed by atoms with E-state index < -0.39 is 0 Å². The van der Waals surface area contributed by atoms with Crippen LogP contribution in [0, 0.1) is 0 Å². The fourth-order valence-electron chi connectivity index (χ4n) is 2.75. The Hall–Kier alpha value is -3.29. The molecule has 8 nitrogen and oxygen atoms in total. The number of carbonyl (C=O) groups excluding carboxylic acids is 1. The Bertz CT molecular complexity index is 799. The number of benzene rings is 2. The number of hydrogen-bond acceptors (Lipinski definition) is 6. The molecule has 3 rings (SSSR count). The van der Waals surface area contributed by atoms with E-state index in [0.29, 0.717) is 47.4 Å². The Kier molecular flexibility index (Phi) is 5.75. The van der Waals surface area contributed by atoms with Crippen molar-refractivity contribution in [1.29, 1.82) is 0 Å². The van der Waals surface area contributed by atoms with Crippen molar-refractivity contribution in [3.63, 3.8) is 0 Å². The Labute approximate surface area is 157 Å². The van der Waals surface area contributed by atoms with Crippen molar-refractivity contribution in [1.82, 2.24) is 5.32 Å². The zero-order valence-corrected chi connectivity index (χ0v) is 15.5. The highest BCUT2D eigenvalue weighted by molar-refractivity contribution is 5.89. The normalized spacial score (nSPS) is 11.7. The summed E-state index contributed by atoms with van der Waals surface area (Å²) >= 11 is 0. The average Bonchev–Trinajstić information content (AvgIpc) is 3.14. The van der Waals surface area contributed by atoms with Gasteiger partial charge in [-0.3, -0.25) is 0 Å². The van der Waals surface area contributed by atoms with Crippen LogP contribution in [0.2, 0.25) is 0 Å². The molecule has 2 aromatic carbocycles. The molecular formula is C19H22N2O6. The highest BCUT2D eigenvalue weighted by atomic mass is 16.7. The van der Waals surface area contributed by atoms with Gasteiger partial charge in [0.15, 0.2) is 23.0 Å². The molecule has 0 saturated carbocycles. The number of rotatable bonds is 7. The summed E-state index contributed by atoms with van der Waals surface area (Å²) in [5.74, 6) is 2.99. The third-order valence-corrected chi connectivity index (χ3v) is 4.05. The molecule has 144 valence electrons. The first-order valence-corrected chi connectivity index (χ1v) is 8.38. The Balaban J connectivity index is 1.55. The smallest absolute Gasteiger partial charge is 0.319 e. The van der Waals surface area contributed by atoms with E-state index in [9.17, 15) is 4.79 Å². The minimum Gasteiger partial charge on any atom is -0.493 e. The second-order valence-corrected chi connectivity index (χ2v) is 5.73. The van der Waals surface area contributed by atoms with Crippen LogP contribution in [-0.4, -0.2) is 40.7 Å². The Morgan fingerprint density at radius 3 is 2.37 bits per heavy atom. The van der Waals surface area contributed by atoms with Crippen molar-refractivity contribution >= 4 is 11.7 Å². The highest BCUT2D eigenvalue weighted by Crippen LogP contribution is 2.38. The van der Waals surface area contributed by atoms with Gasteiger partial charge >= 0.3 is 6.03 Å². The number of ether oxygens (including phenoxy) is 5. The van der Waals surface area contributed by atoms with Crippen LogP contribution < -0.4 is 34.3 Å². The van der Waals surface area contributed by atoms with Gasteiger partial charge in [-0.15, -0.1) is 0 Å².